The van der Waals surface area contributed by atoms with Crippen molar-refractivity contribution >= 4 is 23.4 Å². The van der Waals surface area contributed by atoms with Gasteiger partial charge in [0, 0.05) is 17.9 Å². The molecule has 0 heterocycles. The highest BCUT2D eigenvalue weighted by atomic mass is 32.2. The monoisotopic (exact) mass is 248 g/mol. The second kappa shape index (κ2) is 6.97. The van der Waals surface area contributed by atoms with Crippen molar-refractivity contribution in [3.8, 4) is 6.07 Å². The van der Waals surface area contributed by atoms with Crippen LogP contribution in [0.5, 0.6) is 0 Å². The number of amides is 1. The minimum absolute atomic E-state index is 0.0118. The highest BCUT2D eigenvalue weighted by molar-refractivity contribution is 8.00. The molecule has 3 nitrogen and oxygen atoms in total. The molecule has 1 aromatic rings. The van der Waals surface area contributed by atoms with E-state index in [1.807, 2.05) is 38.1 Å². The maximum absolute atomic E-state index is 11.8. The summed E-state index contributed by atoms with van der Waals surface area (Å²) in [5.41, 5.74) is 1.90. The maximum atomic E-state index is 11.8. The molecular weight excluding hydrogens is 232 g/mol. The number of rotatable bonds is 5. The van der Waals surface area contributed by atoms with Gasteiger partial charge in [-0.15, -0.1) is 11.8 Å². The number of carbonyl (C=O) groups is 1. The van der Waals surface area contributed by atoms with Gasteiger partial charge in [0.05, 0.1) is 11.3 Å². The molecule has 0 spiro atoms. The van der Waals surface area contributed by atoms with Crippen LogP contribution in [0.25, 0.3) is 0 Å². The smallest absolute Gasteiger partial charge is 0.237 e. The quantitative estimate of drug-likeness (QED) is 0.815. The molecule has 0 saturated carbocycles. The first-order chi connectivity index (χ1) is 8.15. The highest BCUT2D eigenvalue weighted by Gasteiger charge is 2.13. The lowest BCUT2D eigenvalue weighted by Crippen LogP contribution is -2.23. The number of carbonyl (C=O) groups excluding carboxylic acids is 1. The van der Waals surface area contributed by atoms with Crippen molar-refractivity contribution in [2.45, 2.75) is 25.5 Å². The molecule has 1 unspecified atom stereocenters. The Balaban J connectivity index is 2.49. The molecule has 0 bridgehead atoms. The van der Waals surface area contributed by atoms with Crippen LogP contribution in [0, 0.1) is 18.3 Å². The van der Waals surface area contributed by atoms with Crippen LogP contribution in [0.1, 0.15) is 18.9 Å². The number of nitrogens with zero attached hydrogens (tertiary/aromatic N) is 1. The van der Waals surface area contributed by atoms with Gasteiger partial charge < -0.3 is 5.32 Å². The highest BCUT2D eigenvalue weighted by Crippen LogP contribution is 2.17. The lowest BCUT2D eigenvalue weighted by atomic mass is 10.2. The first-order valence-electron chi connectivity index (χ1n) is 5.50. The molecule has 1 aromatic carbocycles. The number of hydrogen-bond acceptors (Lipinski definition) is 3. The zero-order valence-corrected chi connectivity index (χ0v) is 10.9. The molecule has 1 amide bonds. The van der Waals surface area contributed by atoms with Crippen molar-refractivity contribution in [2.75, 3.05) is 11.1 Å². The van der Waals surface area contributed by atoms with Crippen LogP contribution in [0.4, 0.5) is 5.69 Å². The summed E-state index contributed by atoms with van der Waals surface area (Å²) in [6, 6.07) is 9.76. The summed E-state index contributed by atoms with van der Waals surface area (Å²) in [5, 5.41) is 11.2. The van der Waals surface area contributed by atoms with Gasteiger partial charge in [0.25, 0.3) is 0 Å². The molecule has 0 fully saturated rings. The van der Waals surface area contributed by atoms with E-state index in [1.54, 1.807) is 0 Å². The Morgan fingerprint density at radius 2 is 2.24 bits per heavy atom. The van der Waals surface area contributed by atoms with Gasteiger partial charge in [-0.2, -0.15) is 5.26 Å². The third kappa shape index (κ3) is 4.49. The van der Waals surface area contributed by atoms with Crippen molar-refractivity contribution in [2.24, 2.45) is 0 Å². The molecule has 0 aliphatic rings. The lowest BCUT2D eigenvalue weighted by Gasteiger charge is -2.12. The largest absolute Gasteiger partial charge is 0.325 e. The normalized spacial score (nSPS) is 11.6. The van der Waals surface area contributed by atoms with E-state index in [0.717, 1.165) is 11.3 Å². The fourth-order valence-corrected chi connectivity index (χ4v) is 2.08. The zero-order chi connectivity index (χ0) is 12.7. The first-order valence-corrected chi connectivity index (χ1v) is 6.55. The van der Waals surface area contributed by atoms with E-state index >= 15 is 0 Å². The Morgan fingerprint density at radius 1 is 1.53 bits per heavy atom. The fourth-order valence-electron chi connectivity index (χ4n) is 1.30. The Kier molecular flexibility index (Phi) is 5.58. The number of nitrogens with one attached hydrogen (secondary N) is 1. The van der Waals surface area contributed by atoms with Crippen LogP contribution in [0.3, 0.4) is 0 Å². The summed E-state index contributed by atoms with van der Waals surface area (Å²) in [6.45, 7) is 3.82. The Hall–Kier alpha value is -1.47. The van der Waals surface area contributed by atoms with E-state index in [2.05, 4.69) is 11.4 Å². The second-order valence-electron chi connectivity index (χ2n) is 3.73. The number of benzene rings is 1. The summed E-state index contributed by atoms with van der Waals surface area (Å²) in [4.78, 5) is 11.8. The molecule has 0 aromatic heterocycles. The van der Waals surface area contributed by atoms with E-state index in [0.29, 0.717) is 12.2 Å². The minimum Gasteiger partial charge on any atom is -0.325 e. The summed E-state index contributed by atoms with van der Waals surface area (Å²) in [7, 11) is 0. The first kappa shape index (κ1) is 13.6. The number of anilines is 1. The van der Waals surface area contributed by atoms with Crippen molar-refractivity contribution in [1.29, 1.82) is 5.26 Å². The van der Waals surface area contributed by atoms with Gasteiger partial charge in [0.15, 0.2) is 0 Å². The number of para-hydroxylation sites is 1. The van der Waals surface area contributed by atoms with E-state index in [1.165, 1.54) is 11.8 Å². The lowest BCUT2D eigenvalue weighted by molar-refractivity contribution is -0.115. The summed E-state index contributed by atoms with van der Waals surface area (Å²) in [5.74, 6) is 0.681. The van der Waals surface area contributed by atoms with Crippen molar-refractivity contribution in [1.82, 2.24) is 0 Å². The van der Waals surface area contributed by atoms with Crippen LogP contribution in [0.2, 0.25) is 0 Å². The molecule has 1 rings (SSSR count). The van der Waals surface area contributed by atoms with Gasteiger partial charge in [0.1, 0.15) is 0 Å². The molecule has 0 saturated heterocycles. The van der Waals surface area contributed by atoms with Crippen LogP contribution in [-0.2, 0) is 4.79 Å². The molecule has 4 heteroatoms. The number of nitriles is 1. The van der Waals surface area contributed by atoms with Crippen molar-refractivity contribution in [3.05, 3.63) is 29.8 Å². The number of hydrogen-bond donors (Lipinski definition) is 1. The molecule has 1 N–H and O–H groups in total. The van der Waals surface area contributed by atoms with Crippen LogP contribution < -0.4 is 5.32 Å². The van der Waals surface area contributed by atoms with Gasteiger partial charge in [-0.3, -0.25) is 4.79 Å². The third-order valence-electron chi connectivity index (χ3n) is 2.35. The maximum Gasteiger partial charge on any atom is 0.237 e. The fraction of sp³-hybridized carbons (Fsp3) is 0.385. The minimum atomic E-state index is -0.136. The Labute approximate surface area is 106 Å². The SMILES string of the molecule is Cc1ccccc1NC(=O)C(C)SCCC#N. The van der Waals surface area contributed by atoms with Gasteiger partial charge >= 0.3 is 0 Å². The Bertz CT molecular complexity index is 426. The van der Waals surface area contributed by atoms with Crippen molar-refractivity contribution in [3.63, 3.8) is 0 Å². The topological polar surface area (TPSA) is 52.9 Å². The Morgan fingerprint density at radius 3 is 2.88 bits per heavy atom. The molecule has 17 heavy (non-hydrogen) atoms. The van der Waals surface area contributed by atoms with Gasteiger partial charge in [-0.05, 0) is 25.5 Å². The molecule has 1 atom stereocenters. The summed E-state index contributed by atoms with van der Waals surface area (Å²) < 4.78 is 0. The van der Waals surface area contributed by atoms with Crippen molar-refractivity contribution < 1.29 is 4.79 Å². The molecule has 0 aliphatic carbocycles. The zero-order valence-electron chi connectivity index (χ0n) is 10.1. The molecule has 0 radical (unpaired) electrons. The number of aryl methyl sites for hydroxylation is 1. The molecule has 90 valence electrons. The van der Waals surface area contributed by atoms with E-state index in [9.17, 15) is 4.79 Å². The van der Waals surface area contributed by atoms with Crippen LogP contribution >= 0.6 is 11.8 Å². The number of thioether (sulfide) groups is 1. The second-order valence-corrected chi connectivity index (χ2v) is 5.17. The standard InChI is InChI=1S/C13H16N2OS/c1-10-6-3-4-7-12(10)15-13(16)11(2)17-9-5-8-14/h3-4,6-7,11H,5,9H2,1-2H3,(H,15,16). The van der Waals surface area contributed by atoms with E-state index < -0.39 is 0 Å². The third-order valence-corrected chi connectivity index (χ3v) is 3.51. The molecule has 0 aliphatic heterocycles. The summed E-state index contributed by atoms with van der Waals surface area (Å²) in [6.07, 6.45) is 0.479. The van der Waals surface area contributed by atoms with Gasteiger partial charge in [0.2, 0.25) is 5.91 Å². The molecular formula is C13H16N2OS. The summed E-state index contributed by atoms with van der Waals surface area (Å²) >= 11 is 1.50. The average molecular weight is 248 g/mol. The predicted octanol–water partition coefficient (Wildman–Crippen LogP) is 2.97. The van der Waals surface area contributed by atoms with E-state index in [4.69, 9.17) is 5.26 Å². The van der Waals surface area contributed by atoms with Crippen LogP contribution in [-0.4, -0.2) is 16.9 Å². The predicted molar refractivity (Wildman–Crippen MR) is 72.0 cm³/mol. The average Bonchev–Trinajstić information content (AvgIpc) is 2.32. The van der Waals surface area contributed by atoms with Gasteiger partial charge in [-0.1, -0.05) is 18.2 Å². The van der Waals surface area contributed by atoms with E-state index in [-0.39, 0.29) is 11.2 Å². The van der Waals surface area contributed by atoms with Gasteiger partial charge in [-0.25, -0.2) is 0 Å². The van der Waals surface area contributed by atoms with Crippen LogP contribution in [0.15, 0.2) is 24.3 Å².